The van der Waals surface area contributed by atoms with Crippen molar-refractivity contribution in [3.05, 3.63) is 0 Å². The van der Waals surface area contributed by atoms with Gasteiger partial charge in [0.2, 0.25) is 5.91 Å². The summed E-state index contributed by atoms with van der Waals surface area (Å²) < 4.78 is 13.4. The number of nitrogens with zero attached hydrogens (tertiary/aromatic N) is 2. The molecule has 8 nitrogen and oxygen atoms in total. The van der Waals surface area contributed by atoms with E-state index in [0.717, 1.165) is 38.8 Å². The van der Waals surface area contributed by atoms with E-state index in [0.29, 0.717) is 24.7 Å². The second-order valence-electron chi connectivity index (χ2n) is 9.55. The van der Waals surface area contributed by atoms with Crippen molar-refractivity contribution in [1.82, 2.24) is 31.9 Å². The van der Waals surface area contributed by atoms with E-state index < -0.39 is 6.17 Å². The van der Waals surface area contributed by atoms with E-state index in [1.54, 1.807) is 0 Å². The summed E-state index contributed by atoms with van der Waals surface area (Å²) in [5.74, 6) is 0.901. The number of aliphatic imine (C=N–C) groups is 1. The first kappa shape index (κ1) is 22.4. The number of carbonyl (C=O) groups is 1. The molecule has 0 aromatic rings. The van der Waals surface area contributed by atoms with Crippen molar-refractivity contribution in [1.29, 1.82) is 0 Å². The van der Waals surface area contributed by atoms with Crippen LogP contribution in [0.1, 0.15) is 66.2 Å². The second-order valence-corrected chi connectivity index (χ2v) is 9.55. The molecule has 5 N–H and O–H groups in total. The van der Waals surface area contributed by atoms with Crippen LogP contribution < -0.4 is 26.9 Å². The Kier molecular flexibility index (Phi) is 7.47. The fraction of sp³-hybridized carbons (Fsp3) is 0.900. The molecule has 1 amide bonds. The molecule has 3 atom stereocenters. The highest BCUT2D eigenvalue weighted by Gasteiger charge is 2.34. The van der Waals surface area contributed by atoms with Gasteiger partial charge in [-0.2, -0.15) is 0 Å². The summed E-state index contributed by atoms with van der Waals surface area (Å²) in [7, 11) is 0. The van der Waals surface area contributed by atoms with Gasteiger partial charge >= 0.3 is 0 Å². The lowest BCUT2D eigenvalue weighted by Gasteiger charge is -2.28. The Morgan fingerprint density at radius 2 is 1.90 bits per heavy atom. The highest BCUT2D eigenvalue weighted by Crippen LogP contribution is 2.31. The van der Waals surface area contributed by atoms with Gasteiger partial charge in [0.05, 0.1) is 0 Å². The summed E-state index contributed by atoms with van der Waals surface area (Å²) in [5.41, 5.74) is 9.60. The number of alkyl halides is 1. The number of hydrogen-bond donors (Lipinski definition) is 5. The van der Waals surface area contributed by atoms with Crippen molar-refractivity contribution < 1.29 is 9.18 Å². The van der Waals surface area contributed by atoms with E-state index in [1.165, 1.54) is 0 Å². The van der Waals surface area contributed by atoms with E-state index in [4.69, 9.17) is 4.99 Å². The summed E-state index contributed by atoms with van der Waals surface area (Å²) in [6, 6.07) is 0.0534. The smallest absolute Gasteiger partial charge is 0.245 e. The van der Waals surface area contributed by atoms with Crippen LogP contribution in [0.4, 0.5) is 4.39 Å². The van der Waals surface area contributed by atoms with Crippen molar-refractivity contribution in [3.8, 4) is 0 Å². The number of nitrogens with one attached hydrogen (secondary N) is 5. The molecule has 29 heavy (non-hydrogen) atoms. The van der Waals surface area contributed by atoms with E-state index in [-0.39, 0.29) is 29.7 Å². The van der Waals surface area contributed by atoms with Crippen molar-refractivity contribution in [2.75, 3.05) is 13.1 Å². The average Bonchev–Trinajstić information content (AvgIpc) is 3.30. The molecule has 0 aromatic heterocycles. The topological polar surface area (TPSA) is 92.8 Å². The zero-order valence-corrected chi connectivity index (χ0v) is 18.2. The first-order valence-corrected chi connectivity index (χ1v) is 11.1. The van der Waals surface area contributed by atoms with Crippen LogP contribution in [0.2, 0.25) is 0 Å². The largest absolute Gasteiger partial charge is 0.351 e. The lowest BCUT2D eigenvalue weighted by atomic mass is 9.82. The molecule has 2 aliphatic heterocycles. The van der Waals surface area contributed by atoms with Gasteiger partial charge in [0.25, 0.3) is 0 Å². The molecule has 3 unspecified atom stereocenters. The molecule has 3 rings (SSSR count). The Hall–Kier alpha value is -1.29. The maximum Gasteiger partial charge on any atom is 0.245 e. The standard InChI is InChI=1S/C20H38FN7O/c1-5-28-11-10-15(27-28)18(29)23-19(24-20(2,3)4)22-17-12-16(25-26-17)13-6-8-14(21)9-7-13/h13-17,25-27H,5-12H2,1-4H3,(H2,22,23,24,29). The zero-order chi connectivity index (χ0) is 21.0. The summed E-state index contributed by atoms with van der Waals surface area (Å²) >= 11 is 0. The Morgan fingerprint density at radius 3 is 2.52 bits per heavy atom. The van der Waals surface area contributed by atoms with Gasteiger partial charge < -0.3 is 5.32 Å². The summed E-state index contributed by atoms with van der Waals surface area (Å²) in [5, 5.41) is 8.36. The number of hydrazine groups is 2. The van der Waals surface area contributed by atoms with Crippen LogP contribution in [0, 0.1) is 5.92 Å². The van der Waals surface area contributed by atoms with Crippen LogP contribution in [0.15, 0.2) is 4.99 Å². The third-order valence-electron chi connectivity index (χ3n) is 5.93. The van der Waals surface area contributed by atoms with Crippen molar-refractivity contribution in [2.45, 2.75) is 96.2 Å². The minimum Gasteiger partial charge on any atom is -0.351 e. The zero-order valence-electron chi connectivity index (χ0n) is 18.2. The molecule has 9 heteroatoms. The van der Waals surface area contributed by atoms with Crippen LogP contribution in [0.5, 0.6) is 0 Å². The van der Waals surface area contributed by atoms with Gasteiger partial charge in [-0.15, -0.1) is 0 Å². The number of carbonyl (C=O) groups excluding carboxylic acids is 1. The highest BCUT2D eigenvalue weighted by atomic mass is 19.1. The van der Waals surface area contributed by atoms with Gasteiger partial charge in [-0.3, -0.25) is 15.5 Å². The molecule has 0 radical (unpaired) electrons. The monoisotopic (exact) mass is 411 g/mol. The molecule has 3 fully saturated rings. The fourth-order valence-electron chi connectivity index (χ4n) is 4.32. The molecule has 2 saturated heterocycles. The van der Waals surface area contributed by atoms with Crippen LogP contribution in [-0.4, -0.2) is 59.9 Å². The quantitative estimate of drug-likeness (QED) is 0.352. The van der Waals surface area contributed by atoms with E-state index in [9.17, 15) is 9.18 Å². The van der Waals surface area contributed by atoms with E-state index in [1.807, 2.05) is 20.8 Å². The van der Waals surface area contributed by atoms with Gasteiger partial charge in [-0.25, -0.2) is 25.2 Å². The van der Waals surface area contributed by atoms with E-state index in [2.05, 4.69) is 38.8 Å². The Bertz CT molecular complexity index is 586. The van der Waals surface area contributed by atoms with Gasteiger partial charge in [-0.1, -0.05) is 6.92 Å². The van der Waals surface area contributed by atoms with Crippen LogP contribution in [0.25, 0.3) is 0 Å². The normalized spacial score (nSPS) is 34.4. The predicted molar refractivity (Wildman–Crippen MR) is 113 cm³/mol. The van der Waals surface area contributed by atoms with Gasteiger partial charge in [0.1, 0.15) is 18.4 Å². The molecule has 1 saturated carbocycles. The van der Waals surface area contributed by atoms with Gasteiger partial charge in [0, 0.05) is 31.1 Å². The van der Waals surface area contributed by atoms with E-state index >= 15 is 0 Å². The lowest BCUT2D eigenvalue weighted by Crippen LogP contribution is -2.54. The third-order valence-corrected chi connectivity index (χ3v) is 5.93. The second kappa shape index (κ2) is 9.68. The minimum absolute atomic E-state index is 0.0692. The van der Waals surface area contributed by atoms with Crippen molar-refractivity contribution >= 4 is 11.9 Å². The molecule has 0 bridgehead atoms. The lowest BCUT2D eigenvalue weighted by molar-refractivity contribution is -0.121. The van der Waals surface area contributed by atoms with Crippen molar-refractivity contribution in [3.63, 3.8) is 0 Å². The first-order chi connectivity index (χ1) is 13.7. The average molecular weight is 412 g/mol. The fourth-order valence-corrected chi connectivity index (χ4v) is 4.32. The maximum absolute atomic E-state index is 13.4. The molecule has 0 aromatic carbocycles. The van der Waals surface area contributed by atoms with Crippen LogP contribution in [-0.2, 0) is 4.79 Å². The number of guanidine groups is 1. The number of amides is 1. The Labute approximate surface area is 173 Å². The van der Waals surface area contributed by atoms with Crippen LogP contribution >= 0.6 is 0 Å². The highest BCUT2D eigenvalue weighted by molar-refractivity contribution is 5.99. The summed E-state index contributed by atoms with van der Waals surface area (Å²) in [6.45, 7) is 9.93. The first-order valence-electron chi connectivity index (χ1n) is 11.1. The number of rotatable bonds is 4. The SMILES string of the molecule is CCN1CCC(C(=O)N/C(=N/C2CC(C3CCC(F)CC3)NN2)NC(C)(C)C)N1. The molecule has 3 aliphatic rings. The molecular weight excluding hydrogens is 373 g/mol. The number of hydrogen-bond acceptors (Lipinski definition) is 6. The summed E-state index contributed by atoms with van der Waals surface area (Å²) in [4.78, 5) is 17.5. The Balaban J connectivity index is 1.59. The minimum atomic E-state index is -0.639. The van der Waals surface area contributed by atoms with Gasteiger partial charge in [-0.05, 0) is 58.8 Å². The van der Waals surface area contributed by atoms with Crippen LogP contribution in [0.3, 0.4) is 0 Å². The third kappa shape index (κ3) is 6.60. The molecular formula is C20H38FN7O. The molecule has 2 heterocycles. The molecule has 166 valence electrons. The van der Waals surface area contributed by atoms with Crippen molar-refractivity contribution in [2.24, 2.45) is 10.9 Å². The Morgan fingerprint density at radius 1 is 1.17 bits per heavy atom. The maximum atomic E-state index is 13.4. The molecule has 1 aliphatic carbocycles. The molecule has 0 spiro atoms. The number of halogens is 1. The van der Waals surface area contributed by atoms with Gasteiger partial charge in [0.15, 0.2) is 5.96 Å². The predicted octanol–water partition coefficient (Wildman–Crippen LogP) is 1.17. The summed E-state index contributed by atoms with van der Waals surface area (Å²) in [6.07, 6.45) is 4.00.